The maximum absolute atomic E-state index is 13.4. The van der Waals surface area contributed by atoms with Crippen LogP contribution in [0.5, 0.6) is 11.5 Å². The Hall–Kier alpha value is -3.75. The molecule has 4 rings (SSSR count). The lowest BCUT2D eigenvalue weighted by atomic mass is 10.2. The quantitative estimate of drug-likeness (QED) is 0.461. The highest BCUT2D eigenvalue weighted by atomic mass is 16.5. The van der Waals surface area contributed by atoms with Gasteiger partial charge in [-0.1, -0.05) is 6.08 Å². The molecular formula is C22H25N5O4. The number of imidazole rings is 2. The Bertz CT molecular complexity index is 1470. The van der Waals surface area contributed by atoms with Crippen LogP contribution in [0.2, 0.25) is 0 Å². The first-order valence-corrected chi connectivity index (χ1v) is 9.83. The van der Waals surface area contributed by atoms with Crippen molar-refractivity contribution in [2.24, 2.45) is 7.05 Å². The molecule has 0 bridgehead atoms. The second kappa shape index (κ2) is 7.19. The number of fused-ring (bicyclic) bond motifs is 3. The number of nitrogens with zero attached hydrogens (tertiary/aromatic N) is 5. The third kappa shape index (κ3) is 2.73. The molecule has 9 nitrogen and oxygen atoms in total. The van der Waals surface area contributed by atoms with E-state index in [4.69, 9.17) is 14.5 Å². The van der Waals surface area contributed by atoms with Crippen LogP contribution in [-0.2, 0) is 7.05 Å². The molecule has 3 heterocycles. The first-order chi connectivity index (χ1) is 14.8. The zero-order valence-electron chi connectivity index (χ0n) is 18.5. The van der Waals surface area contributed by atoms with E-state index < -0.39 is 17.3 Å². The van der Waals surface area contributed by atoms with Crippen molar-refractivity contribution >= 4 is 16.9 Å². The molecule has 4 aromatic rings. The van der Waals surface area contributed by atoms with E-state index in [0.29, 0.717) is 28.4 Å². The van der Waals surface area contributed by atoms with E-state index in [1.54, 1.807) is 38.7 Å². The van der Waals surface area contributed by atoms with Gasteiger partial charge in [-0.15, -0.1) is 6.58 Å². The SMILES string of the molecule is C=C[C@@H](C)n1c(=O)c2c(nc3n(-c4cc(OC)ccc4OC)c(C)c(C)n23)n(C)c1=O. The number of ether oxygens (including phenoxy) is 2. The summed E-state index contributed by atoms with van der Waals surface area (Å²) in [5, 5.41) is 0. The summed E-state index contributed by atoms with van der Waals surface area (Å²) >= 11 is 0. The maximum atomic E-state index is 13.4. The normalized spacial score (nSPS) is 12.5. The van der Waals surface area contributed by atoms with Gasteiger partial charge in [-0.2, -0.15) is 4.98 Å². The fourth-order valence-electron chi connectivity index (χ4n) is 3.94. The van der Waals surface area contributed by atoms with Crippen LogP contribution in [0.3, 0.4) is 0 Å². The number of methoxy groups -OCH3 is 2. The van der Waals surface area contributed by atoms with Crippen LogP contribution in [0.4, 0.5) is 0 Å². The Morgan fingerprint density at radius 3 is 2.45 bits per heavy atom. The lowest BCUT2D eigenvalue weighted by Gasteiger charge is -2.13. The van der Waals surface area contributed by atoms with Crippen molar-refractivity contribution < 1.29 is 9.47 Å². The van der Waals surface area contributed by atoms with Gasteiger partial charge in [0.25, 0.3) is 5.56 Å². The second-order valence-electron chi connectivity index (χ2n) is 7.46. The van der Waals surface area contributed by atoms with Gasteiger partial charge in [-0.25, -0.2) is 4.79 Å². The van der Waals surface area contributed by atoms with Gasteiger partial charge in [0.2, 0.25) is 5.78 Å². The van der Waals surface area contributed by atoms with Gasteiger partial charge in [0.1, 0.15) is 11.5 Å². The second-order valence-corrected chi connectivity index (χ2v) is 7.46. The first kappa shape index (κ1) is 20.5. The summed E-state index contributed by atoms with van der Waals surface area (Å²) in [6, 6.07) is 5.02. The lowest BCUT2D eigenvalue weighted by molar-refractivity contribution is 0.401. The van der Waals surface area contributed by atoms with Gasteiger partial charge in [0.05, 0.1) is 25.9 Å². The zero-order chi connectivity index (χ0) is 22.6. The molecule has 0 aliphatic carbocycles. The molecule has 0 radical (unpaired) electrons. The van der Waals surface area contributed by atoms with Gasteiger partial charge in [0, 0.05) is 24.5 Å². The van der Waals surface area contributed by atoms with E-state index in [9.17, 15) is 9.59 Å². The van der Waals surface area contributed by atoms with E-state index in [1.165, 1.54) is 9.13 Å². The first-order valence-electron chi connectivity index (χ1n) is 9.83. The summed E-state index contributed by atoms with van der Waals surface area (Å²) < 4.78 is 17.3. The average Bonchev–Trinajstić information content (AvgIpc) is 3.27. The van der Waals surface area contributed by atoms with E-state index in [-0.39, 0.29) is 0 Å². The Morgan fingerprint density at radius 2 is 1.84 bits per heavy atom. The van der Waals surface area contributed by atoms with E-state index in [2.05, 4.69) is 6.58 Å². The Labute approximate surface area is 178 Å². The number of aryl methyl sites for hydroxylation is 2. The fourth-order valence-corrected chi connectivity index (χ4v) is 3.94. The number of aromatic nitrogens is 5. The smallest absolute Gasteiger partial charge is 0.333 e. The van der Waals surface area contributed by atoms with Gasteiger partial charge in [0.15, 0.2) is 11.2 Å². The topological polar surface area (TPSA) is 84.7 Å². The number of hydrogen-bond acceptors (Lipinski definition) is 5. The molecule has 0 saturated carbocycles. The summed E-state index contributed by atoms with van der Waals surface area (Å²) in [5.74, 6) is 1.79. The molecule has 0 amide bonds. The highest BCUT2D eigenvalue weighted by Gasteiger charge is 2.25. The van der Waals surface area contributed by atoms with Crippen molar-refractivity contribution in [3.63, 3.8) is 0 Å². The fraction of sp³-hybridized carbons (Fsp3) is 0.318. The Morgan fingerprint density at radius 1 is 1.13 bits per heavy atom. The minimum atomic E-state index is -0.455. The molecule has 0 N–H and O–H groups in total. The zero-order valence-corrected chi connectivity index (χ0v) is 18.5. The minimum absolute atomic E-state index is 0.316. The molecule has 0 fully saturated rings. The monoisotopic (exact) mass is 423 g/mol. The lowest BCUT2D eigenvalue weighted by Crippen LogP contribution is -2.40. The van der Waals surface area contributed by atoms with Crippen molar-refractivity contribution in [3.05, 3.63) is 63.1 Å². The van der Waals surface area contributed by atoms with Crippen molar-refractivity contribution in [2.45, 2.75) is 26.8 Å². The minimum Gasteiger partial charge on any atom is -0.497 e. The molecule has 162 valence electrons. The standard InChI is InChI=1S/C22H25N5O4/c1-8-12(2)25-20(28)18-19(24(5)22(25)29)23-21-26(13(3)14(4)27(18)21)16-11-15(30-6)9-10-17(16)31-7/h8-12H,1H2,2-7H3/t12-/m1/s1. The molecule has 1 atom stereocenters. The largest absolute Gasteiger partial charge is 0.497 e. The maximum Gasteiger partial charge on any atom is 0.333 e. The van der Waals surface area contributed by atoms with Crippen LogP contribution in [0.15, 0.2) is 40.4 Å². The molecule has 0 aliphatic rings. The van der Waals surface area contributed by atoms with Crippen molar-refractivity contribution in [3.8, 4) is 17.2 Å². The Balaban J connectivity index is 2.21. The van der Waals surface area contributed by atoms with Crippen LogP contribution in [0, 0.1) is 13.8 Å². The molecule has 1 aromatic carbocycles. The predicted molar refractivity (Wildman–Crippen MR) is 119 cm³/mol. The molecule has 31 heavy (non-hydrogen) atoms. The molecule has 0 unspecified atom stereocenters. The average molecular weight is 423 g/mol. The van der Waals surface area contributed by atoms with Crippen molar-refractivity contribution in [1.82, 2.24) is 23.1 Å². The van der Waals surface area contributed by atoms with Crippen LogP contribution in [0.1, 0.15) is 24.4 Å². The predicted octanol–water partition coefficient (Wildman–Crippen LogP) is 2.52. The van der Waals surface area contributed by atoms with E-state index >= 15 is 0 Å². The summed E-state index contributed by atoms with van der Waals surface area (Å²) in [7, 11) is 4.80. The molecule has 3 aromatic heterocycles. The van der Waals surface area contributed by atoms with E-state index in [1.807, 2.05) is 36.6 Å². The summed E-state index contributed by atoms with van der Waals surface area (Å²) in [4.78, 5) is 31.0. The summed E-state index contributed by atoms with van der Waals surface area (Å²) in [6.45, 7) is 9.34. The third-order valence-corrected chi connectivity index (χ3v) is 5.84. The van der Waals surface area contributed by atoms with Gasteiger partial charge in [-0.05, 0) is 32.9 Å². The number of allylic oxidation sites excluding steroid dienone is 1. The van der Waals surface area contributed by atoms with E-state index in [0.717, 1.165) is 17.1 Å². The van der Waals surface area contributed by atoms with Crippen LogP contribution < -0.4 is 20.7 Å². The number of benzene rings is 1. The van der Waals surface area contributed by atoms with Crippen molar-refractivity contribution in [1.29, 1.82) is 0 Å². The summed E-state index contributed by atoms with van der Waals surface area (Å²) in [5.41, 5.74) is 2.24. The molecule has 0 spiro atoms. The molecule has 0 aliphatic heterocycles. The summed E-state index contributed by atoms with van der Waals surface area (Å²) in [6.07, 6.45) is 1.57. The van der Waals surface area contributed by atoms with Gasteiger partial charge in [-0.3, -0.25) is 22.9 Å². The third-order valence-electron chi connectivity index (χ3n) is 5.84. The van der Waals surface area contributed by atoms with Crippen LogP contribution in [0.25, 0.3) is 22.6 Å². The van der Waals surface area contributed by atoms with Crippen LogP contribution in [-0.4, -0.2) is 37.3 Å². The number of rotatable bonds is 5. The highest BCUT2D eigenvalue weighted by molar-refractivity contribution is 5.78. The molecule has 9 heteroatoms. The van der Waals surface area contributed by atoms with Gasteiger partial charge >= 0.3 is 5.69 Å². The van der Waals surface area contributed by atoms with Gasteiger partial charge < -0.3 is 9.47 Å². The molecule has 0 saturated heterocycles. The molecular weight excluding hydrogens is 398 g/mol. The number of hydrogen-bond donors (Lipinski definition) is 0. The Kier molecular flexibility index (Phi) is 4.76. The van der Waals surface area contributed by atoms with Crippen molar-refractivity contribution in [2.75, 3.05) is 14.2 Å². The highest BCUT2D eigenvalue weighted by Crippen LogP contribution is 2.32. The van der Waals surface area contributed by atoms with Crippen LogP contribution >= 0.6 is 0 Å².